The summed E-state index contributed by atoms with van der Waals surface area (Å²) in [7, 11) is 1.83. The van der Waals surface area contributed by atoms with Crippen molar-refractivity contribution in [2.75, 3.05) is 57.9 Å². The molecule has 1 aromatic rings. The van der Waals surface area contributed by atoms with Crippen LogP contribution in [0.25, 0.3) is 0 Å². The van der Waals surface area contributed by atoms with E-state index in [9.17, 15) is 0 Å². The molecule has 2 aliphatic heterocycles. The van der Waals surface area contributed by atoms with Crippen LogP contribution >= 0.6 is 24.0 Å². The molecule has 1 saturated heterocycles. The first kappa shape index (κ1) is 24.0. The number of ether oxygens (including phenoxy) is 1. The van der Waals surface area contributed by atoms with E-state index in [1.54, 1.807) is 0 Å². The number of guanidine groups is 1. The molecule has 1 aromatic carbocycles. The molecule has 1 unspecified atom stereocenters. The molecule has 0 amide bonds. The third-order valence-corrected chi connectivity index (χ3v) is 5.57. The Hall–Kier alpha value is -1.32. The summed E-state index contributed by atoms with van der Waals surface area (Å²) >= 11 is 0. The molecule has 0 spiro atoms. The van der Waals surface area contributed by atoms with Crippen molar-refractivity contribution in [2.24, 2.45) is 10.9 Å². The van der Waals surface area contributed by atoms with E-state index in [0.717, 1.165) is 58.4 Å². The second kappa shape index (κ2) is 12.4. The minimum atomic E-state index is 0. The Morgan fingerprint density at radius 1 is 1.07 bits per heavy atom. The zero-order valence-corrected chi connectivity index (χ0v) is 20.3. The van der Waals surface area contributed by atoms with Gasteiger partial charge in [-0.2, -0.15) is 0 Å². The predicted molar refractivity (Wildman–Crippen MR) is 132 cm³/mol. The number of anilines is 1. The maximum absolute atomic E-state index is 5.50. The number of nitrogens with zero attached hydrogens (tertiary/aromatic N) is 3. The first-order valence-electron chi connectivity index (χ1n) is 10.4. The van der Waals surface area contributed by atoms with Crippen molar-refractivity contribution in [3.63, 3.8) is 0 Å². The topological polar surface area (TPSA) is 52.1 Å². The predicted octanol–water partition coefficient (Wildman–Crippen LogP) is 2.70. The van der Waals surface area contributed by atoms with E-state index in [1.165, 1.54) is 11.3 Å². The number of hydrogen-bond donors (Lipinski definition) is 2. The molecule has 0 aromatic heterocycles. The van der Waals surface area contributed by atoms with Crippen molar-refractivity contribution < 1.29 is 4.74 Å². The average molecular weight is 513 g/mol. The van der Waals surface area contributed by atoms with E-state index in [4.69, 9.17) is 4.74 Å². The second-order valence-electron chi connectivity index (χ2n) is 7.81. The number of morpholine rings is 1. The quantitative estimate of drug-likeness (QED) is 0.254. The second-order valence-corrected chi connectivity index (χ2v) is 7.81. The Labute approximate surface area is 192 Å². The molecule has 6 nitrogen and oxygen atoms in total. The minimum Gasteiger partial charge on any atom is -0.379 e. The van der Waals surface area contributed by atoms with Gasteiger partial charge in [0.2, 0.25) is 0 Å². The summed E-state index contributed by atoms with van der Waals surface area (Å²) in [4.78, 5) is 9.28. The van der Waals surface area contributed by atoms with Gasteiger partial charge in [0.25, 0.3) is 0 Å². The molecule has 2 heterocycles. The Morgan fingerprint density at radius 3 is 2.31 bits per heavy atom. The number of rotatable bonds is 7. The SMILES string of the molecule is CN=C(NCc1ccc(N2CC=CC2)cc1)NCC(C(C)C)N1CCOCC1.I. The van der Waals surface area contributed by atoms with Crippen LogP contribution in [-0.2, 0) is 11.3 Å². The fourth-order valence-corrected chi connectivity index (χ4v) is 3.82. The summed E-state index contributed by atoms with van der Waals surface area (Å²) in [5.74, 6) is 1.43. The molecular weight excluding hydrogens is 477 g/mol. The van der Waals surface area contributed by atoms with Gasteiger partial charge in [-0.05, 0) is 23.6 Å². The molecule has 162 valence electrons. The van der Waals surface area contributed by atoms with Crippen LogP contribution in [0.3, 0.4) is 0 Å². The van der Waals surface area contributed by atoms with E-state index in [2.05, 4.69) is 75.7 Å². The normalized spacial score (nSPS) is 18.6. The summed E-state index contributed by atoms with van der Waals surface area (Å²) in [5, 5.41) is 6.96. The van der Waals surface area contributed by atoms with Crippen LogP contribution < -0.4 is 15.5 Å². The van der Waals surface area contributed by atoms with Gasteiger partial charge in [-0.25, -0.2) is 0 Å². The number of halogens is 1. The average Bonchev–Trinajstić information content (AvgIpc) is 3.26. The lowest BCUT2D eigenvalue weighted by atomic mass is 10.0. The fraction of sp³-hybridized carbons (Fsp3) is 0.591. The lowest BCUT2D eigenvalue weighted by molar-refractivity contribution is 0.00752. The smallest absolute Gasteiger partial charge is 0.191 e. The molecular formula is C22H36IN5O. The lowest BCUT2D eigenvalue weighted by Gasteiger charge is -2.37. The number of nitrogens with one attached hydrogen (secondary N) is 2. The molecule has 7 heteroatoms. The van der Waals surface area contributed by atoms with Crippen LogP contribution in [0.15, 0.2) is 41.4 Å². The molecule has 0 aliphatic carbocycles. The van der Waals surface area contributed by atoms with Gasteiger partial charge in [0.15, 0.2) is 5.96 Å². The lowest BCUT2D eigenvalue weighted by Crippen LogP contribution is -2.52. The number of aliphatic imine (C=N–C) groups is 1. The summed E-state index contributed by atoms with van der Waals surface area (Å²) in [6, 6.07) is 9.27. The largest absolute Gasteiger partial charge is 0.379 e. The van der Waals surface area contributed by atoms with Crippen molar-refractivity contribution in [3.05, 3.63) is 42.0 Å². The zero-order valence-electron chi connectivity index (χ0n) is 17.9. The summed E-state index contributed by atoms with van der Waals surface area (Å²) in [5.41, 5.74) is 2.54. The molecule has 1 fully saturated rings. The Kier molecular flexibility index (Phi) is 10.2. The molecule has 2 N–H and O–H groups in total. The van der Waals surface area contributed by atoms with E-state index < -0.39 is 0 Å². The molecule has 3 rings (SSSR count). The summed E-state index contributed by atoms with van der Waals surface area (Å²) < 4.78 is 5.50. The fourth-order valence-electron chi connectivity index (χ4n) is 3.82. The van der Waals surface area contributed by atoms with Crippen LogP contribution in [0.1, 0.15) is 19.4 Å². The van der Waals surface area contributed by atoms with Crippen molar-refractivity contribution in [3.8, 4) is 0 Å². The van der Waals surface area contributed by atoms with Crippen LogP contribution in [0.4, 0.5) is 5.69 Å². The van der Waals surface area contributed by atoms with Crippen molar-refractivity contribution >= 4 is 35.6 Å². The minimum absolute atomic E-state index is 0. The van der Waals surface area contributed by atoms with E-state index in [1.807, 2.05) is 7.05 Å². The summed E-state index contributed by atoms with van der Waals surface area (Å²) in [6.07, 6.45) is 4.43. The monoisotopic (exact) mass is 513 g/mol. The van der Waals surface area contributed by atoms with Gasteiger partial charge in [0.05, 0.1) is 13.2 Å². The van der Waals surface area contributed by atoms with Gasteiger partial charge in [0, 0.05) is 58.0 Å². The van der Waals surface area contributed by atoms with Gasteiger partial charge in [0.1, 0.15) is 0 Å². The van der Waals surface area contributed by atoms with E-state index >= 15 is 0 Å². The maximum atomic E-state index is 5.50. The highest BCUT2D eigenvalue weighted by Crippen LogP contribution is 2.17. The van der Waals surface area contributed by atoms with Gasteiger partial charge in [-0.3, -0.25) is 9.89 Å². The van der Waals surface area contributed by atoms with Crippen LogP contribution in [0.5, 0.6) is 0 Å². The molecule has 0 radical (unpaired) electrons. The first-order valence-corrected chi connectivity index (χ1v) is 10.4. The Morgan fingerprint density at radius 2 is 1.72 bits per heavy atom. The maximum Gasteiger partial charge on any atom is 0.191 e. The standard InChI is InChI=1S/C22H35N5O.HI/c1-18(2)21(27-12-14-28-15-13-27)17-25-22(23-3)24-16-19-6-8-20(9-7-19)26-10-4-5-11-26;/h4-9,18,21H,10-17H2,1-3H3,(H2,23,24,25);1H. The first-order chi connectivity index (χ1) is 13.7. The third-order valence-electron chi connectivity index (χ3n) is 5.57. The highest BCUT2D eigenvalue weighted by atomic mass is 127. The highest BCUT2D eigenvalue weighted by molar-refractivity contribution is 14.0. The van der Waals surface area contributed by atoms with Gasteiger partial charge in [-0.1, -0.05) is 38.1 Å². The van der Waals surface area contributed by atoms with Crippen LogP contribution in [0.2, 0.25) is 0 Å². The zero-order chi connectivity index (χ0) is 19.8. The van der Waals surface area contributed by atoms with Crippen molar-refractivity contribution in [2.45, 2.75) is 26.4 Å². The Balaban J connectivity index is 0.00000300. The molecule has 0 saturated carbocycles. The molecule has 1 atom stereocenters. The molecule has 2 aliphatic rings. The third kappa shape index (κ3) is 7.15. The van der Waals surface area contributed by atoms with Crippen LogP contribution in [0, 0.1) is 5.92 Å². The summed E-state index contributed by atoms with van der Waals surface area (Å²) in [6.45, 7) is 11.9. The van der Waals surface area contributed by atoms with Crippen molar-refractivity contribution in [1.29, 1.82) is 0 Å². The van der Waals surface area contributed by atoms with Crippen molar-refractivity contribution in [1.82, 2.24) is 15.5 Å². The molecule has 29 heavy (non-hydrogen) atoms. The van der Waals surface area contributed by atoms with Crippen LogP contribution in [-0.4, -0.2) is 69.9 Å². The van der Waals surface area contributed by atoms with Gasteiger partial charge >= 0.3 is 0 Å². The van der Waals surface area contributed by atoms with E-state index in [-0.39, 0.29) is 24.0 Å². The highest BCUT2D eigenvalue weighted by Gasteiger charge is 2.23. The molecule has 0 bridgehead atoms. The van der Waals surface area contributed by atoms with E-state index in [0.29, 0.717) is 12.0 Å². The number of hydrogen-bond acceptors (Lipinski definition) is 4. The van der Waals surface area contributed by atoms with Gasteiger partial charge in [-0.15, -0.1) is 24.0 Å². The Bertz CT molecular complexity index is 648. The van der Waals surface area contributed by atoms with Gasteiger partial charge < -0.3 is 20.3 Å². The number of benzene rings is 1.